The first-order valence-electron chi connectivity index (χ1n) is 12.6. The molecule has 0 spiro atoms. The largest absolute Gasteiger partial charge is 0.439 e. The average molecular weight is 474 g/mol. The predicted octanol–water partition coefficient (Wildman–Crippen LogP) is 5.17. The van der Waals surface area contributed by atoms with Gasteiger partial charge in [-0.05, 0) is 30.9 Å². The number of ether oxygens (including phenoxy) is 1. The van der Waals surface area contributed by atoms with Crippen molar-refractivity contribution in [2.75, 3.05) is 0 Å². The van der Waals surface area contributed by atoms with Crippen molar-refractivity contribution >= 4 is 11.6 Å². The molecule has 1 fully saturated rings. The monoisotopic (exact) mass is 473 g/mol. The highest BCUT2D eigenvalue weighted by Crippen LogP contribution is 2.35. The summed E-state index contributed by atoms with van der Waals surface area (Å²) in [5.74, 6) is 2.40. The van der Waals surface area contributed by atoms with Crippen LogP contribution in [0.3, 0.4) is 0 Å². The Hall–Kier alpha value is -3.42. The Morgan fingerprint density at radius 3 is 2.60 bits per heavy atom. The Bertz CT molecular complexity index is 1180. The van der Waals surface area contributed by atoms with Gasteiger partial charge in [0.25, 0.3) is 0 Å². The molecule has 5 rings (SSSR count). The number of aromatic nitrogens is 4. The third-order valence-electron chi connectivity index (χ3n) is 7.05. The molecule has 2 N–H and O–H groups in total. The van der Waals surface area contributed by atoms with E-state index in [9.17, 15) is 0 Å². The lowest BCUT2D eigenvalue weighted by atomic mass is 9.83. The Kier molecular flexibility index (Phi) is 6.45. The molecule has 2 aromatic heterocycles. The number of para-hydroxylation sites is 1. The average Bonchev–Trinajstić information content (AvgIpc) is 3.33. The molecule has 1 atom stereocenters. The lowest BCUT2D eigenvalue weighted by molar-refractivity contribution is 0.151. The first-order valence-corrected chi connectivity index (χ1v) is 12.6. The standard InChI is InChI=1S/C27H35N7O/c1-27(2,3)24-18-33(32-31-24)17-23(19-10-6-4-7-11-19)34-16-20-14-25(29-15-22(20)30-26(34)28)35-21-12-8-5-9-13-21/h5,8-9,12-15,18-19,23H,4,6-7,10-11,16-17H2,1-3H3,(H2,28,30)/t23-/m0/s1. The number of fused-ring (bicyclic) bond motifs is 1. The first-order chi connectivity index (χ1) is 16.9. The highest BCUT2D eigenvalue weighted by molar-refractivity contribution is 5.83. The van der Waals surface area contributed by atoms with Crippen LogP contribution in [0.5, 0.6) is 11.6 Å². The number of guanidine groups is 1. The Morgan fingerprint density at radius 2 is 1.89 bits per heavy atom. The van der Waals surface area contributed by atoms with Crippen LogP contribution < -0.4 is 10.5 Å². The summed E-state index contributed by atoms with van der Waals surface area (Å²) in [6.07, 6.45) is 10.0. The lowest BCUT2D eigenvalue weighted by Crippen LogP contribution is -2.51. The number of nitrogens with two attached hydrogens (primary N) is 1. The highest BCUT2D eigenvalue weighted by Gasteiger charge is 2.33. The van der Waals surface area contributed by atoms with Crippen molar-refractivity contribution in [1.82, 2.24) is 24.9 Å². The van der Waals surface area contributed by atoms with Gasteiger partial charge in [-0.2, -0.15) is 0 Å². The number of rotatable bonds is 6. The van der Waals surface area contributed by atoms with Crippen LogP contribution in [-0.2, 0) is 18.5 Å². The summed E-state index contributed by atoms with van der Waals surface area (Å²) < 4.78 is 7.97. The molecule has 3 heterocycles. The van der Waals surface area contributed by atoms with Crippen LogP contribution in [0.2, 0.25) is 0 Å². The molecule has 0 saturated heterocycles. The molecule has 0 bridgehead atoms. The smallest absolute Gasteiger partial charge is 0.219 e. The second-order valence-corrected chi connectivity index (χ2v) is 10.7. The topological polar surface area (TPSA) is 94.5 Å². The van der Waals surface area contributed by atoms with E-state index >= 15 is 0 Å². The van der Waals surface area contributed by atoms with Gasteiger partial charge < -0.3 is 15.4 Å². The number of hydrogen-bond acceptors (Lipinski definition) is 7. The molecular formula is C27H35N7O. The minimum Gasteiger partial charge on any atom is -0.439 e. The Labute approximate surface area is 207 Å². The maximum atomic E-state index is 6.56. The molecule has 0 amide bonds. The summed E-state index contributed by atoms with van der Waals surface area (Å²) in [5.41, 5.74) is 9.39. The van der Waals surface area contributed by atoms with Gasteiger partial charge in [-0.15, -0.1) is 5.10 Å². The normalized spacial score (nSPS) is 17.6. The zero-order valence-corrected chi connectivity index (χ0v) is 20.9. The molecule has 1 aliphatic heterocycles. The SMILES string of the molecule is CC(C)(C)c1cn(C[C@@H](C2CCCCC2)N2Cc3cc(Oc4ccccc4)ncc3N=C2N)nn1. The summed E-state index contributed by atoms with van der Waals surface area (Å²) in [6.45, 7) is 7.89. The Balaban J connectivity index is 1.41. The molecule has 0 radical (unpaired) electrons. The molecule has 184 valence electrons. The molecule has 0 unspecified atom stereocenters. The number of pyridine rings is 1. The second-order valence-electron chi connectivity index (χ2n) is 10.7. The van der Waals surface area contributed by atoms with E-state index < -0.39 is 0 Å². The van der Waals surface area contributed by atoms with Crippen LogP contribution in [0.4, 0.5) is 5.69 Å². The van der Waals surface area contributed by atoms with E-state index in [4.69, 9.17) is 15.5 Å². The van der Waals surface area contributed by atoms with E-state index in [0.717, 1.165) is 29.2 Å². The molecule has 8 nitrogen and oxygen atoms in total. The number of hydrogen-bond donors (Lipinski definition) is 1. The lowest BCUT2D eigenvalue weighted by Gasteiger charge is -2.41. The number of nitrogens with zero attached hydrogens (tertiary/aromatic N) is 6. The van der Waals surface area contributed by atoms with Crippen LogP contribution in [0, 0.1) is 5.92 Å². The fraction of sp³-hybridized carbons (Fsp3) is 0.481. The maximum Gasteiger partial charge on any atom is 0.219 e. The fourth-order valence-corrected chi connectivity index (χ4v) is 5.04. The van der Waals surface area contributed by atoms with E-state index in [1.165, 1.54) is 32.1 Å². The number of aliphatic imine (C=N–C) groups is 1. The summed E-state index contributed by atoms with van der Waals surface area (Å²) in [6, 6.07) is 11.9. The first kappa shape index (κ1) is 23.3. The molecule has 2 aliphatic rings. The minimum absolute atomic E-state index is 0.0364. The predicted molar refractivity (Wildman–Crippen MR) is 137 cm³/mol. The van der Waals surface area contributed by atoms with Gasteiger partial charge in [-0.3, -0.25) is 4.68 Å². The summed E-state index contributed by atoms with van der Waals surface area (Å²) >= 11 is 0. The van der Waals surface area contributed by atoms with E-state index in [-0.39, 0.29) is 11.5 Å². The molecule has 35 heavy (non-hydrogen) atoms. The van der Waals surface area contributed by atoms with Gasteiger partial charge >= 0.3 is 0 Å². The molecule has 1 aliphatic carbocycles. The van der Waals surface area contributed by atoms with Gasteiger partial charge in [-0.25, -0.2) is 9.98 Å². The molecule has 3 aromatic rings. The van der Waals surface area contributed by atoms with Crippen molar-refractivity contribution in [2.45, 2.75) is 77.4 Å². The van der Waals surface area contributed by atoms with E-state index in [0.29, 0.717) is 24.3 Å². The highest BCUT2D eigenvalue weighted by atomic mass is 16.5. The summed E-state index contributed by atoms with van der Waals surface area (Å²) in [7, 11) is 0. The van der Waals surface area contributed by atoms with Crippen LogP contribution >= 0.6 is 0 Å². The quantitative estimate of drug-likeness (QED) is 0.530. The third kappa shape index (κ3) is 5.31. The van der Waals surface area contributed by atoms with E-state index in [1.807, 2.05) is 41.1 Å². The molecule has 1 saturated carbocycles. The molecule has 8 heteroatoms. The fourth-order valence-electron chi connectivity index (χ4n) is 5.04. The molecule has 1 aromatic carbocycles. The van der Waals surface area contributed by atoms with Crippen LogP contribution in [0.1, 0.15) is 64.1 Å². The van der Waals surface area contributed by atoms with Gasteiger partial charge in [0, 0.05) is 29.8 Å². The molecular weight excluding hydrogens is 438 g/mol. The van der Waals surface area contributed by atoms with Gasteiger partial charge in [0.05, 0.1) is 30.2 Å². The maximum absolute atomic E-state index is 6.56. The Morgan fingerprint density at radius 1 is 1.11 bits per heavy atom. The minimum atomic E-state index is -0.0364. The second kappa shape index (κ2) is 9.68. The number of benzene rings is 1. The van der Waals surface area contributed by atoms with Crippen LogP contribution in [0.15, 0.2) is 53.8 Å². The van der Waals surface area contributed by atoms with Gasteiger partial charge in [0.2, 0.25) is 5.88 Å². The van der Waals surface area contributed by atoms with Crippen molar-refractivity contribution in [2.24, 2.45) is 16.6 Å². The van der Waals surface area contributed by atoms with Crippen molar-refractivity contribution in [3.63, 3.8) is 0 Å². The van der Waals surface area contributed by atoms with Crippen LogP contribution in [0.25, 0.3) is 0 Å². The van der Waals surface area contributed by atoms with Gasteiger partial charge in [0.15, 0.2) is 5.96 Å². The van der Waals surface area contributed by atoms with Crippen molar-refractivity contribution in [3.05, 3.63) is 60.0 Å². The zero-order chi connectivity index (χ0) is 24.4. The zero-order valence-electron chi connectivity index (χ0n) is 20.9. The van der Waals surface area contributed by atoms with Crippen molar-refractivity contribution in [1.29, 1.82) is 0 Å². The van der Waals surface area contributed by atoms with Gasteiger partial charge in [0.1, 0.15) is 5.75 Å². The van der Waals surface area contributed by atoms with Crippen molar-refractivity contribution < 1.29 is 4.74 Å². The summed E-state index contributed by atoms with van der Waals surface area (Å²) in [5, 5.41) is 8.92. The van der Waals surface area contributed by atoms with Crippen molar-refractivity contribution in [3.8, 4) is 11.6 Å². The van der Waals surface area contributed by atoms with Crippen LogP contribution in [-0.4, -0.2) is 36.9 Å². The van der Waals surface area contributed by atoms with E-state index in [2.05, 4.69) is 47.2 Å². The van der Waals surface area contributed by atoms with E-state index in [1.54, 1.807) is 6.20 Å². The van der Waals surface area contributed by atoms with Gasteiger partial charge in [-0.1, -0.05) is 63.4 Å². The third-order valence-corrected chi connectivity index (χ3v) is 7.05. The summed E-state index contributed by atoms with van der Waals surface area (Å²) in [4.78, 5) is 11.4.